The van der Waals surface area contributed by atoms with Gasteiger partial charge in [0.15, 0.2) is 0 Å². The van der Waals surface area contributed by atoms with Gasteiger partial charge in [0.1, 0.15) is 0 Å². The minimum atomic E-state index is -0.161. The first-order valence-corrected chi connectivity index (χ1v) is 12.0. The van der Waals surface area contributed by atoms with Crippen LogP contribution in [0.1, 0.15) is 44.4 Å². The topological polar surface area (TPSA) is 104 Å². The number of carbonyl (C=O) groups excluding carboxylic acids is 2. The Kier molecular flexibility index (Phi) is 7.52. The first-order valence-electron chi connectivity index (χ1n) is 11.1. The summed E-state index contributed by atoms with van der Waals surface area (Å²) in [6, 6.07) is 4.05. The molecule has 0 atom stereocenters. The normalized spacial score (nSPS) is 18.1. The third kappa shape index (κ3) is 6.27. The number of aromatic nitrogens is 2. The number of hydrogen-bond acceptors (Lipinski definition) is 7. The van der Waals surface area contributed by atoms with Crippen molar-refractivity contribution in [2.24, 2.45) is 0 Å². The van der Waals surface area contributed by atoms with Gasteiger partial charge in [-0.2, -0.15) is 4.98 Å². The van der Waals surface area contributed by atoms with Crippen molar-refractivity contribution in [3.05, 3.63) is 23.4 Å². The summed E-state index contributed by atoms with van der Waals surface area (Å²) >= 11 is 1.58. The first kappa shape index (κ1) is 21.8. The van der Waals surface area contributed by atoms with Crippen molar-refractivity contribution in [1.29, 1.82) is 0 Å². The van der Waals surface area contributed by atoms with E-state index in [0.29, 0.717) is 44.3 Å². The molecule has 1 aliphatic heterocycles. The van der Waals surface area contributed by atoms with Crippen LogP contribution in [-0.2, 0) is 11.3 Å². The third-order valence-corrected chi connectivity index (χ3v) is 6.72. The lowest BCUT2D eigenvalue weighted by molar-refractivity contribution is -0.132. The van der Waals surface area contributed by atoms with E-state index in [-0.39, 0.29) is 18.0 Å². The van der Waals surface area contributed by atoms with Crippen molar-refractivity contribution in [3.63, 3.8) is 0 Å². The van der Waals surface area contributed by atoms with E-state index in [0.717, 1.165) is 30.8 Å². The molecule has 3 amide bonds. The molecule has 2 aromatic rings. The van der Waals surface area contributed by atoms with Crippen molar-refractivity contribution in [1.82, 2.24) is 30.6 Å². The average molecular weight is 447 g/mol. The second-order valence-electron chi connectivity index (χ2n) is 8.13. The molecule has 0 spiro atoms. The van der Waals surface area contributed by atoms with Gasteiger partial charge in [0, 0.05) is 45.2 Å². The molecule has 168 valence electrons. The van der Waals surface area contributed by atoms with Gasteiger partial charge in [0.05, 0.1) is 11.4 Å². The Hall–Kier alpha value is -2.46. The maximum absolute atomic E-state index is 12.5. The van der Waals surface area contributed by atoms with Crippen molar-refractivity contribution in [2.75, 3.05) is 32.7 Å². The average Bonchev–Trinajstić information content (AvgIpc) is 3.47. The lowest BCUT2D eigenvalue weighted by Crippen LogP contribution is -2.49. The van der Waals surface area contributed by atoms with Crippen LogP contribution in [0.15, 0.2) is 22.0 Å². The van der Waals surface area contributed by atoms with E-state index in [9.17, 15) is 9.59 Å². The summed E-state index contributed by atoms with van der Waals surface area (Å²) in [5, 5.41) is 11.9. The molecule has 31 heavy (non-hydrogen) atoms. The van der Waals surface area contributed by atoms with Gasteiger partial charge in [-0.1, -0.05) is 30.5 Å². The van der Waals surface area contributed by atoms with Gasteiger partial charge in [-0.15, -0.1) is 11.3 Å². The highest BCUT2D eigenvalue weighted by Crippen LogP contribution is 2.22. The predicted molar refractivity (Wildman–Crippen MR) is 117 cm³/mol. The number of rotatable bonds is 7. The fourth-order valence-electron chi connectivity index (χ4n) is 4.10. The summed E-state index contributed by atoms with van der Waals surface area (Å²) in [5.74, 6) is 1.30. The standard InChI is InChI=1S/C21H30N6O3S/c28-19(8-9-22-21(29)23-16-5-2-1-3-6-16)27-12-10-26(11-13-27)15-18-24-20(25-30-18)17-7-4-14-31-17/h4,7,14,16H,1-3,5-6,8-13,15H2,(H2,22,23,29). The SMILES string of the molecule is O=C(NCCC(=O)N1CCN(Cc2nc(-c3cccs3)no2)CC1)NC1CCCCC1. The summed E-state index contributed by atoms with van der Waals surface area (Å²) < 4.78 is 5.37. The van der Waals surface area contributed by atoms with E-state index < -0.39 is 0 Å². The van der Waals surface area contributed by atoms with Gasteiger partial charge in [-0.05, 0) is 24.3 Å². The molecule has 0 aromatic carbocycles. The van der Waals surface area contributed by atoms with Crippen LogP contribution in [0.25, 0.3) is 10.7 Å². The van der Waals surface area contributed by atoms with Gasteiger partial charge in [-0.3, -0.25) is 9.69 Å². The lowest BCUT2D eigenvalue weighted by Gasteiger charge is -2.34. The van der Waals surface area contributed by atoms with Crippen molar-refractivity contribution >= 4 is 23.3 Å². The van der Waals surface area contributed by atoms with Crippen LogP contribution >= 0.6 is 11.3 Å². The monoisotopic (exact) mass is 446 g/mol. The van der Waals surface area contributed by atoms with E-state index in [4.69, 9.17) is 4.52 Å². The van der Waals surface area contributed by atoms with Crippen LogP contribution < -0.4 is 10.6 Å². The molecule has 2 aromatic heterocycles. The highest BCUT2D eigenvalue weighted by molar-refractivity contribution is 7.13. The number of nitrogens with zero attached hydrogens (tertiary/aromatic N) is 4. The summed E-state index contributed by atoms with van der Waals surface area (Å²) in [6.45, 7) is 3.81. The second kappa shape index (κ2) is 10.7. The summed E-state index contributed by atoms with van der Waals surface area (Å²) in [5.41, 5.74) is 0. The zero-order chi connectivity index (χ0) is 21.5. The van der Waals surface area contributed by atoms with E-state index >= 15 is 0 Å². The van der Waals surface area contributed by atoms with Gasteiger partial charge < -0.3 is 20.1 Å². The number of nitrogens with one attached hydrogen (secondary N) is 2. The lowest BCUT2D eigenvalue weighted by atomic mass is 9.96. The molecule has 4 rings (SSSR count). The van der Waals surface area contributed by atoms with Crippen LogP contribution in [-0.4, -0.2) is 70.6 Å². The van der Waals surface area contributed by atoms with Gasteiger partial charge in [0.25, 0.3) is 0 Å². The second-order valence-corrected chi connectivity index (χ2v) is 9.08. The number of hydrogen-bond donors (Lipinski definition) is 2. The molecule has 10 heteroatoms. The van der Waals surface area contributed by atoms with Crippen molar-refractivity contribution in [2.45, 2.75) is 51.1 Å². The Labute approximate surface area is 186 Å². The molecule has 1 saturated heterocycles. The molecule has 2 aliphatic rings. The Morgan fingerprint density at radius 2 is 1.97 bits per heavy atom. The first-order chi connectivity index (χ1) is 15.2. The summed E-state index contributed by atoms with van der Waals surface area (Å²) in [7, 11) is 0. The number of amides is 3. The van der Waals surface area contributed by atoms with Crippen molar-refractivity contribution < 1.29 is 14.1 Å². The highest BCUT2D eigenvalue weighted by Gasteiger charge is 2.23. The molecule has 9 nitrogen and oxygen atoms in total. The summed E-state index contributed by atoms with van der Waals surface area (Å²) in [6.07, 6.45) is 6.04. The van der Waals surface area contributed by atoms with Crippen molar-refractivity contribution in [3.8, 4) is 10.7 Å². The molecule has 1 saturated carbocycles. The molecule has 2 fully saturated rings. The van der Waals surface area contributed by atoms with Gasteiger partial charge in [-0.25, -0.2) is 4.79 Å². The van der Waals surface area contributed by atoms with Crippen LogP contribution in [0.2, 0.25) is 0 Å². The van der Waals surface area contributed by atoms with E-state index in [1.54, 1.807) is 11.3 Å². The minimum absolute atomic E-state index is 0.0791. The Morgan fingerprint density at radius 3 is 2.71 bits per heavy atom. The molecular weight excluding hydrogens is 416 g/mol. The van der Waals surface area contributed by atoms with E-state index in [2.05, 4.69) is 25.7 Å². The Balaban J connectivity index is 1.12. The zero-order valence-electron chi connectivity index (χ0n) is 17.7. The molecule has 0 radical (unpaired) electrons. The number of piperazine rings is 1. The minimum Gasteiger partial charge on any atom is -0.340 e. The fraction of sp³-hybridized carbons (Fsp3) is 0.619. The molecule has 0 unspecified atom stereocenters. The quantitative estimate of drug-likeness (QED) is 0.677. The fourth-order valence-corrected chi connectivity index (χ4v) is 4.75. The number of thiophene rings is 1. The number of carbonyl (C=O) groups is 2. The van der Waals surface area contributed by atoms with Crippen LogP contribution in [0.4, 0.5) is 4.79 Å². The molecule has 2 N–H and O–H groups in total. The Morgan fingerprint density at radius 1 is 1.16 bits per heavy atom. The molecule has 1 aliphatic carbocycles. The largest absolute Gasteiger partial charge is 0.340 e. The van der Waals surface area contributed by atoms with Crippen LogP contribution in [0.5, 0.6) is 0 Å². The van der Waals surface area contributed by atoms with E-state index in [1.807, 2.05) is 22.4 Å². The van der Waals surface area contributed by atoms with Gasteiger partial charge >= 0.3 is 6.03 Å². The zero-order valence-corrected chi connectivity index (χ0v) is 18.5. The molecule has 0 bridgehead atoms. The predicted octanol–water partition coefficient (Wildman–Crippen LogP) is 2.46. The Bertz CT molecular complexity index is 841. The summed E-state index contributed by atoms with van der Waals surface area (Å²) in [4.78, 5) is 34.0. The molecular formula is C21H30N6O3S. The van der Waals surface area contributed by atoms with Crippen LogP contribution in [0, 0.1) is 0 Å². The smallest absolute Gasteiger partial charge is 0.315 e. The maximum Gasteiger partial charge on any atom is 0.315 e. The molecule has 3 heterocycles. The third-order valence-electron chi connectivity index (χ3n) is 5.86. The van der Waals surface area contributed by atoms with Crippen LogP contribution in [0.3, 0.4) is 0 Å². The maximum atomic E-state index is 12.5. The van der Waals surface area contributed by atoms with E-state index in [1.165, 1.54) is 19.3 Å². The van der Waals surface area contributed by atoms with Gasteiger partial charge in [0.2, 0.25) is 17.6 Å². The number of urea groups is 1. The highest BCUT2D eigenvalue weighted by atomic mass is 32.1.